The van der Waals surface area contributed by atoms with Crippen LogP contribution in [0.15, 0.2) is 24.8 Å². The third kappa shape index (κ3) is 3.80. The smallest absolute Gasteiger partial charge is 0.208 e. The van der Waals surface area contributed by atoms with Gasteiger partial charge in [-0.05, 0) is 12.1 Å². The summed E-state index contributed by atoms with van der Waals surface area (Å²) in [4.78, 5) is 16.1. The zero-order valence-electron chi connectivity index (χ0n) is 13.6. The van der Waals surface area contributed by atoms with E-state index >= 15 is 0 Å². The average Bonchev–Trinajstić information content (AvgIpc) is 2.61. The zero-order valence-corrected chi connectivity index (χ0v) is 15.1. The van der Waals surface area contributed by atoms with E-state index in [1.807, 2.05) is 0 Å². The molecule has 0 aliphatic rings. The number of benzene rings is 1. The van der Waals surface area contributed by atoms with Crippen molar-refractivity contribution in [1.82, 2.24) is 4.98 Å². The zero-order chi connectivity index (χ0) is 19.4. The van der Waals surface area contributed by atoms with Gasteiger partial charge in [-0.1, -0.05) is 29.3 Å². The fraction of sp³-hybridized carbons (Fsp3) is 0.176. The molecule has 0 saturated carbocycles. The minimum Gasteiger partial charge on any atom is -0.492 e. The highest BCUT2D eigenvalue weighted by Gasteiger charge is 2.25. The Morgan fingerprint density at radius 2 is 2.04 bits per heavy atom. The van der Waals surface area contributed by atoms with E-state index in [1.165, 1.54) is 25.3 Å². The number of pyridine rings is 1. The number of anilines is 1. The summed E-state index contributed by atoms with van der Waals surface area (Å²) < 4.78 is 39.0. The number of carbonyl (C=O) groups is 1. The van der Waals surface area contributed by atoms with Crippen molar-refractivity contribution in [3.63, 3.8) is 0 Å². The highest BCUT2D eigenvalue weighted by atomic mass is 35.5. The number of aromatic nitrogens is 1. The second kappa shape index (κ2) is 8.44. The first-order valence-corrected chi connectivity index (χ1v) is 7.97. The Bertz CT molecular complexity index is 876. The van der Waals surface area contributed by atoms with Crippen molar-refractivity contribution < 1.29 is 23.0 Å². The molecule has 0 unspecified atom stereocenters. The van der Waals surface area contributed by atoms with Crippen molar-refractivity contribution in [2.45, 2.75) is 0 Å². The Hall–Kier alpha value is -2.22. The minimum absolute atomic E-state index is 0.00906. The van der Waals surface area contributed by atoms with Gasteiger partial charge in [0.25, 0.3) is 0 Å². The molecule has 1 aromatic carbocycles. The maximum atomic E-state index is 14.6. The molecule has 138 valence electrons. The van der Waals surface area contributed by atoms with Crippen molar-refractivity contribution in [3.8, 4) is 17.0 Å². The molecule has 0 amide bonds. The Morgan fingerprint density at radius 3 is 2.65 bits per heavy atom. The number of nitrogens with zero attached hydrogens (tertiary/aromatic N) is 1. The number of halogens is 4. The Labute approximate surface area is 158 Å². The van der Waals surface area contributed by atoms with E-state index in [-0.39, 0.29) is 40.3 Å². The quantitative estimate of drug-likeness (QED) is 0.424. The summed E-state index contributed by atoms with van der Waals surface area (Å²) in [6.07, 6.45) is 1.45. The molecule has 0 atom stereocenters. The minimum atomic E-state index is -1.07. The van der Waals surface area contributed by atoms with Crippen LogP contribution in [-0.4, -0.2) is 31.1 Å². The van der Waals surface area contributed by atoms with E-state index in [0.29, 0.717) is 0 Å². The SMILES string of the molecule is C=CCOCC(=O)c1nc(-c2ccc(Cl)c(OC)c2F)c(F)c(N)c1Cl. The van der Waals surface area contributed by atoms with Crippen LogP contribution >= 0.6 is 23.2 Å². The number of ketones is 1. The van der Waals surface area contributed by atoms with Crippen molar-refractivity contribution >= 4 is 34.7 Å². The van der Waals surface area contributed by atoms with Gasteiger partial charge in [-0.3, -0.25) is 4.79 Å². The molecular formula is C17H14Cl2F2N2O3. The van der Waals surface area contributed by atoms with E-state index < -0.39 is 28.8 Å². The van der Waals surface area contributed by atoms with Crippen LogP contribution in [0.2, 0.25) is 10.0 Å². The Morgan fingerprint density at radius 1 is 1.35 bits per heavy atom. The van der Waals surface area contributed by atoms with Crippen LogP contribution in [0, 0.1) is 11.6 Å². The number of nitrogen functional groups attached to an aromatic ring is 1. The molecule has 5 nitrogen and oxygen atoms in total. The molecule has 2 rings (SSSR count). The van der Waals surface area contributed by atoms with E-state index in [9.17, 15) is 13.6 Å². The van der Waals surface area contributed by atoms with Crippen molar-refractivity contribution in [2.75, 3.05) is 26.1 Å². The van der Waals surface area contributed by atoms with Gasteiger partial charge in [0.1, 0.15) is 18.0 Å². The first kappa shape index (κ1) is 20.1. The van der Waals surface area contributed by atoms with Gasteiger partial charge < -0.3 is 15.2 Å². The van der Waals surface area contributed by atoms with Crippen LogP contribution in [0.3, 0.4) is 0 Å². The van der Waals surface area contributed by atoms with Gasteiger partial charge in [-0.2, -0.15) is 0 Å². The van der Waals surface area contributed by atoms with Gasteiger partial charge >= 0.3 is 0 Å². The van der Waals surface area contributed by atoms with E-state index in [4.69, 9.17) is 38.4 Å². The van der Waals surface area contributed by atoms with Crippen LogP contribution in [0.1, 0.15) is 10.5 Å². The lowest BCUT2D eigenvalue weighted by atomic mass is 10.1. The van der Waals surface area contributed by atoms with Crippen LogP contribution in [0.4, 0.5) is 14.5 Å². The molecule has 2 N–H and O–H groups in total. The maximum absolute atomic E-state index is 14.6. The molecule has 2 aromatic rings. The lowest BCUT2D eigenvalue weighted by Crippen LogP contribution is -2.14. The first-order valence-electron chi connectivity index (χ1n) is 7.22. The molecule has 26 heavy (non-hydrogen) atoms. The lowest BCUT2D eigenvalue weighted by molar-refractivity contribution is 0.0801. The van der Waals surface area contributed by atoms with Crippen molar-refractivity contribution in [1.29, 1.82) is 0 Å². The number of nitrogens with two attached hydrogens (primary N) is 1. The van der Waals surface area contributed by atoms with Gasteiger partial charge in [-0.15, -0.1) is 6.58 Å². The molecule has 1 aromatic heterocycles. The van der Waals surface area contributed by atoms with Gasteiger partial charge in [0.05, 0.1) is 29.4 Å². The van der Waals surface area contributed by atoms with Crippen LogP contribution in [0.5, 0.6) is 5.75 Å². The number of methoxy groups -OCH3 is 1. The lowest BCUT2D eigenvalue weighted by Gasteiger charge is -2.13. The second-order valence-corrected chi connectivity index (χ2v) is 5.80. The number of Topliss-reactive ketones (excluding diaryl/α,β-unsaturated/α-hetero) is 1. The van der Waals surface area contributed by atoms with Crippen molar-refractivity contribution in [3.05, 3.63) is 52.2 Å². The summed E-state index contributed by atoms with van der Waals surface area (Å²) in [7, 11) is 1.21. The topological polar surface area (TPSA) is 74.4 Å². The fourth-order valence-electron chi connectivity index (χ4n) is 2.13. The maximum Gasteiger partial charge on any atom is 0.208 e. The largest absolute Gasteiger partial charge is 0.492 e. The summed E-state index contributed by atoms with van der Waals surface area (Å²) >= 11 is 11.8. The third-order valence-corrected chi connectivity index (χ3v) is 4.03. The average molecular weight is 403 g/mol. The third-order valence-electron chi connectivity index (χ3n) is 3.35. The predicted molar refractivity (Wildman–Crippen MR) is 95.9 cm³/mol. The summed E-state index contributed by atoms with van der Waals surface area (Å²) in [5.41, 5.74) is 3.98. The molecule has 0 aliphatic carbocycles. The molecule has 0 fully saturated rings. The number of hydrogen-bond acceptors (Lipinski definition) is 5. The predicted octanol–water partition coefficient (Wildman–Crippen LogP) is 4.31. The Balaban J connectivity index is 2.60. The second-order valence-electron chi connectivity index (χ2n) is 5.02. The highest BCUT2D eigenvalue weighted by molar-refractivity contribution is 6.36. The Kier molecular flexibility index (Phi) is 6.52. The molecule has 0 spiro atoms. The molecule has 0 saturated heterocycles. The molecule has 0 aliphatic heterocycles. The number of rotatable bonds is 7. The van der Waals surface area contributed by atoms with E-state index in [1.54, 1.807) is 0 Å². The van der Waals surface area contributed by atoms with Crippen LogP contribution in [0.25, 0.3) is 11.3 Å². The summed E-state index contributed by atoms with van der Waals surface area (Å²) in [5, 5.41) is -0.384. The van der Waals surface area contributed by atoms with Gasteiger partial charge in [0, 0.05) is 5.56 Å². The monoisotopic (exact) mass is 402 g/mol. The molecule has 1 heterocycles. The molecular weight excluding hydrogens is 389 g/mol. The van der Waals surface area contributed by atoms with Crippen LogP contribution in [-0.2, 0) is 4.74 Å². The summed E-state index contributed by atoms with van der Waals surface area (Å²) in [6, 6.07) is 2.50. The van der Waals surface area contributed by atoms with Gasteiger partial charge in [-0.25, -0.2) is 13.8 Å². The van der Waals surface area contributed by atoms with E-state index in [2.05, 4.69) is 11.6 Å². The van der Waals surface area contributed by atoms with Crippen LogP contribution < -0.4 is 10.5 Å². The first-order chi connectivity index (χ1) is 12.3. The number of carbonyl (C=O) groups excluding carboxylic acids is 1. The fourth-order valence-corrected chi connectivity index (χ4v) is 2.58. The highest BCUT2D eigenvalue weighted by Crippen LogP contribution is 2.38. The van der Waals surface area contributed by atoms with Gasteiger partial charge in [0.15, 0.2) is 17.4 Å². The van der Waals surface area contributed by atoms with Crippen molar-refractivity contribution in [2.24, 2.45) is 0 Å². The molecule has 0 radical (unpaired) electrons. The van der Waals surface area contributed by atoms with Gasteiger partial charge in [0.2, 0.25) is 5.78 Å². The number of hydrogen-bond donors (Lipinski definition) is 1. The summed E-state index contributed by atoms with van der Waals surface area (Å²) in [5.74, 6) is -2.96. The summed E-state index contributed by atoms with van der Waals surface area (Å²) in [6.45, 7) is 3.19. The van der Waals surface area contributed by atoms with E-state index in [0.717, 1.165) is 0 Å². The normalized spacial score (nSPS) is 10.7. The molecule has 0 bridgehead atoms. The number of ether oxygens (including phenoxy) is 2. The standard InChI is InChI=1S/C17H14Cl2F2N2O3/c1-3-6-26-7-10(24)16-11(19)14(22)13(21)15(23-16)8-4-5-9(18)17(25-2)12(8)20/h3-5H,1,6-7H2,2H3,(H2,22,23). The molecule has 9 heteroatoms.